The van der Waals surface area contributed by atoms with Crippen LogP contribution < -0.4 is 4.74 Å². The molecule has 2 saturated heterocycles. The fourth-order valence-electron chi connectivity index (χ4n) is 3.78. The van der Waals surface area contributed by atoms with Crippen molar-refractivity contribution < 1.29 is 19.1 Å². The van der Waals surface area contributed by atoms with Crippen LogP contribution in [0.15, 0.2) is 24.3 Å². The Morgan fingerprint density at radius 1 is 1.35 bits per heavy atom. The lowest BCUT2D eigenvalue weighted by Crippen LogP contribution is -2.63. The number of thioether (sulfide) groups is 1. The third-order valence-electron chi connectivity index (χ3n) is 5.31. The molecule has 2 amide bonds. The van der Waals surface area contributed by atoms with Crippen LogP contribution in [0.2, 0.25) is 0 Å². The molecule has 0 unspecified atom stereocenters. The summed E-state index contributed by atoms with van der Waals surface area (Å²) in [7, 11) is 3.46. The third-order valence-corrected chi connectivity index (χ3v) is 6.88. The van der Waals surface area contributed by atoms with Crippen LogP contribution in [-0.4, -0.2) is 78.1 Å². The molecule has 0 bridgehead atoms. The van der Waals surface area contributed by atoms with E-state index < -0.39 is 0 Å². The molecule has 6 nitrogen and oxygen atoms in total. The smallest absolute Gasteiger partial charge is 0.264 e. The van der Waals surface area contributed by atoms with Gasteiger partial charge in [-0.25, -0.2) is 0 Å². The van der Waals surface area contributed by atoms with Gasteiger partial charge in [-0.1, -0.05) is 18.2 Å². The van der Waals surface area contributed by atoms with E-state index in [1.165, 1.54) is 0 Å². The number of rotatable bonds is 4. The first-order chi connectivity index (χ1) is 12.5. The number of likely N-dealkylation sites (tertiary alicyclic amines) is 1. The summed E-state index contributed by atoms with van der Waals surface area (Å²) in [6, 6.07) is 7.85. The number of carbonyl (C=O) groups excluding carboxylic acids is 2. The topological polar surface area (TPSA) is 59.1 Å². The Morgan fingerprint density at radius 3 is 2.85 bits per heavy atom. The van der Waals surface area contributed by atoms with Crippen molar-refractivity contribution in [3.63, 3.8) is 0 Å². The summed E-state index contributed by atoms with van der Waals surface area (Å²) in [5.41, 5.74) is 1.11. The Hall–Kier alpha value is -1.73. The average Bonchev–Trinajstić information content (AvgIpc) is 3.21. The number of hydrogen-bond acceptors (Lipinski definition) is 5. The lowest BCUT2D eigenvalue weighted by atomic mass is 9.92. The summed E-state index contributed by atoms with van der Waals surface area (Å²) in [6.45, 7) is 1.62. The van der Waals surface area contributed by atoms with Crippen LogP contribution >= 0.6 is 11.8 Å². The lowest BCUT2D eigenvalue weighted by Gasteiger charge is -2.48. The van der Waals surface area contributed by atoms with Crippen molar-refractivity contribution in [2.45, 2.75) is 29.8 Å². The number of fused-ring (bicyclic) bond motifs is 1. The standard InChI is InChI=1S/C19H24N2O4S/c1-20(2)17(22)9-24-14-8-19(26-10-14)11-21(12-19)18(23)16-7-13-5-3-4-6-15(13)25-16/h3-6,14,16H,7-12H2,1-2H3/t14-,16-/m1/s1. The van der Waals surface area contributed by atoms with Crippen LogP contribution in [0.4, 0.5) is 0 Å². The molecule has 2 fully saturated rings. The van der Waals surface area contributed by atoms with Gasteiger partial charge in [0.2, 0.25) is 5.91 Å². The van der Waals surface area contributed by atoms with Crippen LogP contribution in [0, 0.1) is 0 Å². The Labute approximate surface area is 157 Å². The van der Waals surface area contributed by atoms with Gasteiger partial charge in [-0.2, -0.15) is 0 Å². The highest BCUT2D eigenvalue weighted by Gasteiger charge is 2.52. The largest absolute Gasteiger partial charge is 0.480 e. The molecule has 0 N–H and O–H groups in total. The van der Waals surface area contributed by atoms with Gasteiger partial charge in [-0.05, 0) is 18.1 Å². The zero-order chi connectivity index (χ0) is 18.3. The van der Waals surface area contributed by atoms with Crippen LogP contribution in [0.25, 0.3) is 0 Å². The summed E-state index contributed by atoms with van der Waals surface area (Å²) in [4.78, 5) is 27.8. The molecule has 0 radical (unpaired) electrons. The first-order valence-electron chi connectivity index (χ1n) is 8.95. The number of amides is 2. The highest BCUT2D eigenvalue weighted by molar-refractivity contribution is 8.01. The maximum absolute atomic E-state index is 12.7. The maximum atomic E-state index is 12.7. The van der Waals surface area contributed by atoms with Crippen LogP contribution in [0.5, 0.6) is 5.75 Å². The van der Waals surface area contributed by atoms with Gasteiger partial charge in [0.05, 0.1) is 10.9 Å². The van der Waals surface area contributed by atoms with Crippen LogP contribution in [0.1, 0.15) is 12.0 Å². The molecular formula is C19H24N2O4S. The quantitative estimate of drug-likeness (QED) is 0.790. The molecule has 0 saturated carbocycles. The van der Waals surface area contributed by atoms with Crippen molar-refractivity contribution in [1.29, 1.82) is 0 Å². The highest BCUT2D eigenvalue weighted by atomic mass is 32.2. The summed E-state index contributed by atoms with van der Waals surface area (Å²) < 4.78 is 11.7. The molecule has 2 atom stereocenters. The van der Waals surface area contributed by atoms with Crippen molar-refractivity contribution in [3.8, 4) is 5.75 Å². The number of hydrogen-bond donors (Lipinski definition) is 0. The summed E-state index contributed by atoms with van der Waals surface area (Å²) in [6.07, 6.45) is 1.26. The van der Waals surface area contributed by atoms with Gasteiger partial charge in [-0.3, -0.25) is 9.59 Å². The second-order valence-electron chi connectivity index (χ2n) is 7.53. The number of carbonyl (C=O) groups is 2. The van der Waals surface area contributed by atoms with Crippen molar-refractivity contribution >= 4 is 23.6 Å². The molecule has 1 aromatic rings. The van der Waals surface area contributed by atoms with Gasteiger partial charge in [0, 0.05) is 39.4 Å². The normalized spacial score (nSPS) is 25.5. The molecule has 4 rings (SSSR count). The minimum atomic E-state index is -0.388. The van der Waals surface area contributed by atoms with Gasteiger partial charge < -0.3 is 19.3 Å². The molecule has 0 aliphatic carbocycles. The SMILES string of the molecule is CN(C)C(=O)CO[C@H]1CSC2(C1)CN(C(=O)[C@H]1Cc3ccccc3O1)C2. The third kappa shape index (κ3) is 3.30. The Kier molecular flexibility index (Phi) is 4.61. The van der Waals surface area contributed by atoms with E-state index in [0.717, 1.165) is 36.6 Å². The molecule has 26 heavy (non-hydrogen) atoms. The van der Waals surface area contributed by atoms with Crippen molar-refractivity contribution in [2.75, 3.05) is 39.5 Å². The number of ether oxygens (including phenoxy) is 2. The number of benzene rings is 1. The van der Waals surface area contributed by atoms with Gasteiger partial charge in [0.15, 0.2) is 6.10 Å². The van der Waals surface area contributed by atoms with Gasteiger partial charge in [0.25, 0.3) is 5.91 Å². The number of likely N-dealkylation sites (N-methyl/N-ethyl adjacent to an activating group) is 1. The predicted octanol–water partition coefficient (Wildman–Crippen LogP) is 1.18. The highest BCUT2D eigenvalue weighted by Crippen LogP contribution is 2.46. The van der Waals surface area contributed by atoms with Crippen molar-refractivity contribution in [2.24, 2.45) is 0 Å². The predicted molar refractivity (Wildman–Crippen MR) is 99.4 cm³/mol. The monoisotopic (exact) mass is 376 g/mol. The van der Waals surface area contributed by atoms with E-state index >= 15 is 0 Å². The minimum absolute atomic E-state index is 0.0145. The van der Waals surface area contributed by atoms with Gasteiger partial charge in [-0.15, -0.1) is 11.8 Å². The fraction of sp³-hybridized carbons (Fsp3) is 0.579. The molecular weight excluding hydrogens is 352 g/mol. The van der Waals surface area contributed by atoms with E-state index in [1.807, 2.05) is 40.9 Å². The fourth-order valence-corrected chi connectivity index (χ4v) is 5.33. The van der Waals surface area contributed by atoms with Crippen molar-refractivity contribution in [1.82, 2.24) is 9.80 Å². The zero-order valence-corrected chi connectivity index (χ0v) is 16.0. The number of nitrogens with zero attached hydrogens (tertiary/aromatic N) is 2. The molecule has 3 aliphatic heterocycles. The zero-order valence-electron chi connectivity index (χ0n) is 15.1. The lowest BCUT2D eigenvalue weighted by molar-refractivity contribution is -0.143. The second kappa shape index (κ2) is 6.78. The molecule has 0 aromatic heterocycles. The molecule has 3 heterocycles. The molecule has 1 spiro atoms. The second-order valence-corrected chi connectivity index (χ2v) is 9.02. The molecule has 1 aromatic carbocycles. The summed E-state index contributed by atoms with van der Waals surface area (Å²) in [5.74, 6) is 1.78. The average molecular weight is 376 g/mol. The van der Waals surface area contributed by atoms with Gasteiger partial charge >= 0.3 is 0 Å². The Balaban J connectivity index is 1.25. The Morgan fingerprint density at radius 2 is 2.12 bits per heavy atom. The molecule has 7 heteroatoms. The molecule has 140 valence electrons. The van der Waals surface area contributed by atoms with E-state index in [2.05, 4.69) is 0 Å². The van der Waals surface area contributed by atoms with Crippen LogP contribution in [-0.2, 0) is 20.7 Å². The van der Waals surface area contributed by atoms with E-state index in [0.29, 0.717) is 6.42 Å². The van der Waals surface area contributed by atoms with E-state index in [-0.39, 0.29) is 35.4 Å². The minimum Gasteiger partial charge on any atom is -0.480 e. The summed E-state index contributed by atoms with van der Waals surface area (Å²) >= 11 is 1.87. The van der Waals surface area contributed by atoms with Crippen molar-refractivity contribution in [3.05, 3.63) is 29.8 Å². The number of para-hydroxylation sites is 1. The van der Waals surface area contributed by atoms with Crippen LogP contribution in [0.3, 0.4) is 0 Å². The van der Waals surface area contributed by atoms with E-state index in [4.69, 9.17) is 9.47 Å². The maximum Gasteiger partial charge on any atom is 0.264 e. The Bertz CT molecular complexity index is 692. The molecule has 3 aliphatic rings. The van der Waals surface area contributed by atoms with Gasteiger partial charge in [0.1, 0.15) is 12.4 Å². The summed E-state index contributed by atoms with van der Waals surface area (Å²) in [5, 5.41) is 0. The first kappa shape index (κ1) is 17.7. The van der Waals surface area contributed by atoms with E-state index in [1.54, 1.807) is 19.0 Å². The van der Waals surface area contributed by atoms with E-state index in [9.17, 15) is 9.59 Å². The first-order valence-corrected chi connectivity index (χ1v) is 9.93.